The van der Waals surface area contributed by atoms with Gasteiger partial charge in [0.2, 0.25) is 0 Å². The van der Waals surface area contributed by atoms with Gasteiger partial charge in [-0.05, 0) is 5.56 Å². The highest BCUT2D eigenvalue weighted by Gasteiger charge is 1.98. The molecular weight excluding hydrogens is 280 g/mol. The zero-order valence-corrected chi connectivity index (χ0v) is 12.4. The number of esters is 2. The summed E-state index contributed by atoms with van der Waals surface area (Å²) in [6.45, 7) is 10.6. The van der Waals surface area contributed by atoms with Crippen LogP contribution in [-0.4, -0.2) is 25.2 Å². The van der Waals surface area contributed by atoms with E-state index in [0.29, 0.717) is 0 Å². The maximum absolute atomic E-state index is 10.8. The molecule has 4 nitrogen and oxygen atoms in total. The third kappa shape index (κ3) is 11.0. The summed E-state index contributed by atoms with van der Waals surface area (Å²) < 4.78 is 9.15. The molecule has 0 saturated carbocycles. The Kier molecular flexibility index (Phi) is 11.4. The average molecular weight is 300 g/mol. The minimum Gasteiger partial charge on any atom is -0.458 e. The molecule has 0 unspecified atom stereocenters. The summed E-state index contributed by atoms with van der Waals surface area (Å²) in [7, 11) is 0. The van der Waals surface area contributed by atoms with Gasteiger partial charge in [-0.25, -0.2) is 9.59 Å². The summed E-state index contributed by atoms with van der Waals surface area (Å²) in [6.07, 6.45) is 6.69. The lowest BCUT2D eigenvalue weighted by Crippen LogP contribution is -2.04. The van der Waals surface area contributed by atoms with Crippen LogP contribution < -0.4 is 0 Å². The number of rotatable bonds is 7. The molecular formula is C18H20O4. The Labute approximate surface area is 131 Å². The molecule has 0 spiro atoms. The normalized spacial score (nSPS) is 9.09. The van der Waals surface area contributed by atoms with Gasteiger partial charge in [0, 0.05) is 12.2 Å². The third-order valence-electron chi connectivity index (χ3n) is 2.08. The van der Waals surface area contributed by atoms with Crippen LogP contribution in [0.1, 0.15) is 5.56 Å². The van der Waals surface area contributed by atoms with Gasteiger partial charge >= 0.3 is 11.9 Å². The van der Waals surface area contributed by atoms with Crippen LogP contribution >= 0.6 is 0 Å². The first-order chi connectivity index (χ1) is 10.6. The molecule has 0 aliphatic rings. The zero-order valence-electron chi connectivity index (χ0n) is 12.4. The number of carbonyl (C=O) groups excluding carboxylic acids is 2. The van der Waals surface area contributed by atoms with Crippen LogP contribution in [0, 0.1) is 0 Å². The van der Waals surface area contributed by atoms with Crippen LogP contribution in [0.2, 0.25) is 0 Å². The monoisotopic (exact) mass is 300 g/mol. The highest BCUT2D eigenvalue weighted by atomic mass is 16.5. The molecule has 0 bridgehead atoms. The van der Waals surface area contributed by atoms with Crippen molar-refractivity contribution in [2.24, 2.45) is 0 Å². The number of hydrogen-bond acceptors (Lipinski definition) is 4. The second-order valence-electron chi connectivity index (χ2n) is 3.79. The number of hydrogen-bond donors (Lipinski definition) is 0. The topological polar surface area (TPSA) is 52.6 Å². The second kappa shape index (κ2) is 13.1. The first-order valence-corrected chi connectivity index (χ1v) is 6.55. The summed E-state index contributed by atoms with van der Waals surface area (Å²) in [6, 6.07) is 10.0. The summed E-state index contributed by atoms with van der Waals surface area (Å²) in [4.78, 5) is 21.6. The van der Waals surface area contributed by atoms with E-state index in [2.05, 4.69) is 29.2 Å². The van der Waals surface area contributed by atoms with Gasteiger partial charge in [-0.15, -0.1) is 0 Å². The fraction of sp³-hybridized carbons (Fsp3) is 0.111. The van der Waals surface area contributed by atoms with E-state index >= 15 is 0 Å². The minimum absolute atomic E-state index is 0.116. The summed E-state index contributed by atoms with van der Waals surface area (Å²) in [5.41, 5.74) is 1.17. The number of benzene rings is 1. The van der Waals surface area contributed by atoms with Gasteiger partial charge in [0.05, 0.1) is 0 Å². The lowest BCUT2D eigenvalue weighted by molar-refractivity contribution is -0.139. The second-order valence-corrected chi connectivity index (χ2v) is 3.79. The van der Waals surface area contributed by atoms with Crippen molar-refractivity contribution >= 4 is 18.0 Å². The van der Waals surface area contributed by atoms with Gasteiger partial charge in [-0.3, -0.25) is 0 Å². The molecule has 0 aromatic heterocycles. The molecule has 0 amide bonds. The van der Waals surface area contributed by atoms with Crippen LogP contribution in [0.3, 0.4) is 0 Å². The van der Waals surface area contributed by atoms with Crippen LogP contribution in [0.5, 0.6) is 0 Å². The lowest BCUT2D eigenvalue weighted by Gasteiger charge is -1.96. The Morgan fingerprint density at radius 2 is 1.32 bits per heavy atom. The lowest BCUT2D eigenvalue weighted by atomic mass is 10.2. The zero-order chi connectivity index (χ0) is 16.6. The van der Waals surface area contributed by atoms with Crippen LogP contribution in [-0.2, 0) is 19.1 Å². The third-order valence-corrected chi connectivity index (χ3v) is 2.08. The van der Waals surface area contributed by atoms with Crippen molar-refractivity contribution in [3.05, 3.63) is 79.9 Å². The van der Waals surface area contributed by atoms with Gasteiger partial charge in [0.1, 0.15) is 13.2 Å². The molecule has 0 heterocycles. The van der Waals surface area contributed by atoms with E-state index in [9.17, 15) is 9.59 Å². The van der Waals surface area contributed by atoms with E-state index in [0.717, 1.165) is 12.2 Å². The molecule has 0 radical (unpaired) electrons. The molecule has 22 heavy (non-hydrogen) atoms. The van der Waals surface area contributed by atoms with Crippen molar-refractivity contribution in [1.82, 2.24) is 0 Å². The Morgan fingerprint density at radius 1 is 0.864 bits per heavy atom. The van der Waals surface area contributed by atoms with Crippen molar-refractivity contribution in [2.45, 2.75) is 0 Å². The van der Waals surface area contributed by atoms with Crippen molar-refractivity contribution in [3.63, 3.8) is 0 Å². The van der Waals surface area contributed by atoms with Gasteiger partial charge < -0.3 is 9.47 Å². The van der Waals surface area contributed by atoms with E-state index in [-0.39, 0.29) is 13.2 Å². The molecule has 4 heteroatoms. The van der Waals surface area contributed by atoms with Crippen molar-refractivity contribution in [3.8, 4) is 0 Å². The smallest absolute Gasteiger partial charge is 0.331 e. The molecule has 0 fully saturated rings. The van der Waals surface area contributed by atoms with Crippen molar-refractivity contribution in [2.75, 3.05) is 13.2 Å². The molecule has 1 rings (SSSR count). The largest absolute Gasteiger partial charge is 0.458 e. The summed E-state index contributed by atoms with van der Waals surface area (Å²) >= 11 is 0. The predicted molar refractivity (Wildman–Crippen MR) is 88.0 cm³/mol. The fourth-order valence-corrected chi connectivity index (χ4v) is 1.10. The van der Waals surface area contributed by atoms with Gasteiger partial charge in [0.15, 0.2) is 0 Å². The predicted octanol–water partition coefficient (Wildman–Crippen LogP) is 3.33. The maximum Gasteiger partial charge on any atom is 0.331 e. The van der Waals surface area contributed by atoms with E-state index in [1.807, 2.05) is 36.4 Å². The SMILES string of the molecule is C=CCOC(=O)C=CC(=O)OCC=C.C=Cc1ccccc1. The van der Waals surface area contributed by atoms with Gasteiger partial charge in [-0.1, -0.05) is 68.3 Å². The molecule has 1 aromatic carbocycles. The minimum atomic E-state index is -0.611. The first kappa shape index (κ1) is 19.1. The van der Waals surface area contributed by atoms with Crippen LogP contribution in [0.4, 0.5) is 0 Å². The van der Waals surface area contributed by atoms with E-state index in [1.54, 1.807) is 0 Å². The first-order valence-electron chi connectivity index (χ1n) is 6.55. The van der Waals surface area contributed by atoms with E-state index in [1.165, 1.54) is 17.7 Å². The Bertz CT molecular complexity index is 489. The van der Waals surface area contributed by atoms with Crippen molar-refractivity contribution < 1.29 is 19.1 Å². The molecule has 0 saturated heterocycles. The molecule has 0 aliphatic heterocycles. The van der Waals surface area contributed by atoms with E-state index in [4.69, 9.17) is 0 Å². The number of ether oxygens (including phenoxy) is 2. The molecule has 0 atom stereocenters. The molecule has 1 aromatic rings. The van der Waals surface area contributed by atoms with Crippen molar-refractivity contribution in [1.29, 1.82) is 0 Å². The van der Waals surface area contributed by atoms with Gasteiger partial charge in [0.25, 0.3) is 0 Å². The van der Waals surface area contributed by atoms with Gasteiger partial charge in [-0.2, -0.15) is 0 Å². The van der Waals surface area contributed by atoms with E-state index < -0.39 is 11.9 Å². The Hall–Kier alpha value is -2.88. The summed E-state index contributed by atoms with van der Waals surface area (Å²) in [5.74, 6) is -1.22. The quantitative estimate of drug-likeness (QED) is 0.440. The highest BCUT2D eigenvalue weighted by molar-refractivity contribution is 5.91. The molecule has 0 N–H and O–H groups in total. The Morgan fingerprint density at radius 3 is 1.64 bits per heavy atom. The highest BCUT2D eigenvalue weighted by Crippen LogP contribution is 1.97. The fourth-order valence-electron chi connectivity index (χ4n) is 1.10. The number of carbonyl (C=O) groups is 2. The molecule has 116 valence electrons. The van der Waals surface area contributed by atoms with Crippen LogP contribution in [0.15, 0.2) is 74.4 Å². The maximum atomic E-state index is 10.8. The standard InChI is InChI=1S/C10H12O4.C8H8/c1-3-7-13-9(11)5-6-10(12)14-8-4-2;1-2-8-6-4-3-5-7-8/h3-6H,1-2,7-8H2;2-7H,1H2. The van der Waals surface area contributed by atoms with Crippen LogP contribution in [0.25, 0.3) is 6.08 Å². The Balaban J connectivity index is 0.000000461. The summed E-state index contributed by atoms with van der Waals surface area (Å²) in [5, 5.41) is 0. The molecule has 0 aliphatic carbocycles. The average Bonchev–Trinajstić information content (AvgIpc) is 2.57.